The Morgan fingerprint density at radius 1 is 1.60 bits per heavy atom. The van der Waals surface area contributed by atoms with Gasteiger partial charge in [-0.3, -0.25) is 4.79 Å². The zero-order valence-corrected chi connectivity index (χ0v) is 7.11. The minimum atomic E-state index is 0.244. The third-order valence-corrected chi connectivity index (χ3v) is 1.76. The molecule has 0 fully saturated rings. The van der Waals surface area contributed by atoms with Crippen LogP contribution in [0.15, 0.2) is 0 Å². The van der Waals surface area contributed by atoms with Gasteiger partial charge in [-0.1, -0.05) is 6.92 Å². The summed E-state index contributed by atoms with van der Waals surface area (Å²) in [5.74, 6) is 0.546. The molecule has 0 radical (unpaired) electrons. The summed E-state index contributed by atoms with van der Waals surface area (Å²) in [4.78, 5) is 10.7. The first-order valence-corrected chi connectivity index (χ1v) is 3.83. The highest BCUT2D eigenvalue weighted by Crippen LogP contribution is 2.04. The predicted molar refractivity (Wildman–Crippen MR) is 43.0 cm³/mol. The van der Waals surface area contributed by atoms with Gasteiger partial charge in [-0.05, 0) is 33.4 Å². The molecule has 1 N–H and O–H groups in total. The SMILES string of the molecule is CNCCC[C@@H](C)C(C)=O. The van der Waals surface area contributed by atoms with E-state index in [1.807, 2.05) is 14.0 Å². The molecule has 0 aromatic rings. The lowest BCUT2D eigenvalue weighted by Crippen LogP contribution is -2.12. The maximum atomic E-state index is 10.7. The van der Waals surface area contributed by atoms with Crippen molar-refractivity contribution >= 4 is 5.78 Å². The molecule has 0 heterocycles. The lowest BCUT2D eigenvalue weighted by atomic mass is 10.0. The van der Waals surface area contributed by atoms with E-state index in [0.29, 0.717) is 5.78 Å². The number of hydrogen-bond donors (Lipinski definition) is 1. The van der Waals surface area contributed by atoms with Crippen molar-refractivity contribution in [2.24, 2.45) is 5.92 Å². The quantitative estimate of drug-likeness (QED) is 0.586. The molecule has 0 bridgehead atoms. The van der Waals surface area contributed by atoms with Crippen molar-refractivity contribution in [2.75, 3.05) is 13.6 Å². The second-order valence-electron chi connectivity index (χ2n) is 2.76. The Balaban J connectivity index is 3.21. The maximum absolute atomic E-state index is 10.7. The van der Waals surface area contributed by atoms with Gasteiger partial charge in [0.1, 0.15) is 5.78 Å². The lowest BCUT2D eigenvalue weighted by Gasteiger charge is -2.05. The van der Waals surface area contributed by atoms with Crippen LogP contribution in [0.2, 0.25) is 0 Å². The number of carbonyl (C=O) groups excluding carboxylic acids is 1. The Morgan fingerprint density at radius 2 is 2.20 bits per heavy atom. The van der Waals surface area contributed by atoms with Crippen LogP contribution in [-0.2, 0) is 4.79 Å². The smallest absolute Gasteiger partial charge is 0.132 e. The lowest BCUT2D eigenvalue weighted by molar-refractivity contribution is -0.120. The molecule has 0 unspecified atom stereocenters. The van der Waals surface area contributed by atoms with Crippen molar-refractivity contribution in [3.8, 4) is 0 Å². The van der Waals surface area contributed by atoms with E-state index in [9.17, 15) is 4.79 Å². The summed E-state index contributed by atoms with van der Waals surface area (Å²) in [5.41, 5.74) is 0. The van der Waals surface area contributed by atoms with Crippen LogP contribution in [0, 0.1) is 5.92 Å². The molecule has 0 rings (SSSR count). The fourth-order valence-corrected chi connectivity index (χ4v) is 0.788. The molecule has 0 aliphatic rings. The van der Waals surface area contributed by atoms with Crippen molar-refractivity contribution in [2.45, 2.75) is 26.7 Å². The van der Waals surface area contributed by atoms with Crippen LogP contribution in [-0.4, -0.2) is 19.4 Å². The normalized spacial score (nSPS) is 13.1. The molecular weight excluding hydrogens is 126 g/mol. The molecule has 2 heteroatoms. The first-order valence-electron chi connectivity index (χ1n) is 3.83. The average Bonchev–Trinajstić information content (AvgIpc) is 1.88. The summed E-state index contributed by atoms with van der Waals surface area (Å²) in [6.45, 7) is 4.65. The third kappa shape index (κ3) is 4.50. The topological polar surface area (TPSA) is 29.1 Å². The van der Waals surface area contributed by atoms with Crippen LogP contribution >= 0.6 is 0 Å². The zero-order chi connectivity index (χ0) is 7.98. The first-order chi connectivity index (χ1) is 4.68. The molecular formula is C8H17NO. The van der Waals surface area contributed by atoms with Gasteiger partial charge in [0.25, 0.3) is 0 Å². The maximum Gasteiger partial charge on any atom is 0.132 e. The Bertz CT molecular complexity index is 101. The molecule has 0 aliphatic carbocycles. The molecule has 0 saturated carbocycles. The summed E-state index contributed by atoms with van der Waals surface area (Å²) in [5, 5.41) is 3.05. The standard InChI is InChI=1S/C8H17NO/c1-7(8(2)10)5-4-6-9-3/h7,9H,4-6H2,1-3H3/t7-/m1/s1. The fourth-order valence-electron chi connectivity index (χ4n) is 0.788. The monoisotopic (exact) mass is 143 g/mol. The van der Waals surface area contributed by atoms with Crippen molar-refractivity contribution in [1.29, 1.82) is 0 Å². The van der Waals surface area contributed by atoms with E-state index >= 15 is 0 Å². The number of Topliss-reactive ketones (excluding diaryl/α,β-unsaturated/α-hetero) is 1. The van der Waals surface area contributed by atoms with Gasteiger partial charge in [0.15, 0.2) is 0 Å². The van der Waals surface area contributed by atoms with E-state index in [1.54, 1.807) is 6.92 Å². The van der Waals surface area contributed by atoms with Gasteiger partial charge in [-0.2, -0.15) is 0 Å². The van der Waals surface area contributed by atoms with Gasteiger partial charge >= 0.3 is 0 Å². The highest BCUT2D eigenvalue weighted by atomic mass is 16.1. The number of ketones is 1. The number of nitrogens with one attached hydrogen (secondary N) is 1. The summed E-state index contributed by atoms with van der Waals surface area (Å²) >= 11 is 0. The largest absolute Gasteiger partial charge is 0.320 e. The molecule has 2 nitrogen and oxygen atoms in total. The highest BCUT2D eigenvalue weighted by molar-refractivity contribution is 5.77. The number of carbonyl (C=O) groups is 1. The average molecular weight is 143 g/mol. The summed E-state index contributed by atoms with van der Waals surface area (Å²) < 4.78 is 0. The molecule has 0 spiro atoms. The van der Waals surface area contributed by atoms with Crippen LogP contribution in [0.4, 0.5) is 0 Å². The number of hydrogen-bond acceptors (Lipinski definition) is 2. The van der Waals surface area contributed by atoms with E-state index in [4.69, 9.17) is 0 Å². The zero-order valence-electron chi connectivity index (χ0n) is 7.11. The predicted octanol–water partition coefficient (Wildman–Crippen LogP) is 1.21. The van der Waals surface area contributed by atoms with E-state index in [0.717, 1.165) is 19.4 Å². The van der Waals surface area contributed by atoms with Crippen molar-refractivity contribution in [3.05, 3.63) is 0 Å². The van der Waals surface area contributed by atoms with Crippen molar-refractivity contribution < 1.29 is 4.79 Å². The van der Waals surface area contributed by atoms with Crippen LogP contribution < -0.4 is 5.32 Å². The highest BCUT2D eigenvalue weighted by Gasteiger charge is 2.05. The van der Waals surface area contributed by atoms with Crippen molar-refractivity contribution in [1.82, 2.24) is 5.32 Å². The fraction of sp³-hybridized carbons (Fsp3) is 0.875. The Kier molecular flexibility index (Phi) is 5.22. The summed E-state index contributed by atoms with van der Waals surface area (Å²) in [7, 11) is 1.93. The van der Waals surface area contributed by atoms with Crippen LogP contribution in [0.3, 0.4) is 0 Å². The van der Waals surface area contributed by atoms with Gasteiger partial charge < -0.3 is 5.32 Å². The van der Waals surface area contributed by atoms with Gasteiger partial charge in [-0.15, -0.1) is 0 Å². The number of rotatable bonds is 5. The van der Waals surface area contributed by atoms with E-state index < -0.39 is 0 Å². The minimum absolute atomic E-state index is 0.244. The molecule has 10 heavy (non-hydrogen) atoms. The first kappa shape index (κ1) is 9.63. The molecule has 0 saturated heterocycles. The molecule has 0 amide bonds. The molecule has 0 aromatic heterocycles. The van der Waals surface area contributed by atoms with Crippen LogP contribution in [0.25, 0.3) is 0 Å². The van der Waals surface area contributed by atoms with E-state index in [1.165, 1.54) is 0 Å². The Hall–Kier alpha value is -0.370. The summed E-state index contributed by atoms with van der Waals surface area (Å²) in [6.07, 6.45) is 2.10. The van der Waals surface area contributed by atoms with Gasteiger partial charge in [0.05, 0.1) is 0 Å². The molecule has 0 aliphatic heterocycles. The third-order valence-electron chi connectivity index (χ3n) is 1.76. The van der Waals surface area contributed by atoms with Gasteiger partial charge in [0, 0.05) is 5.92 Å². The minimum Gasteiger partial charge on any atom is -0.320 e. The molecule has 1 atom stereocenters. The molecule has 60 valence electrons. The van der Waals surface area contributed by atoms with Gasteiger partial charge in [-0.25, -0.2) is 0 Å². The Morgan fingerprint density at radius 3 is 2.60 bits per heavy atom. The second kappa shape index (κ2) is 5.42. The van der Waals surface area contributed by atoms with Crippen molar-refractivity contribution in [3.63, 3.8) is 0 Å². The summed E-state index contributed by atoms with van der Waals surface area (Å²) in [6, 6.07) is 0. The van der Waals surface area contributed by atoms with E-state index in [2.05, 4.69) is 5.32 Å². The second-order valence-corrected chi connectivity index (χ2v) is 2.76. The van der Waals surface area contributed by atoms with Crippen LogP contribution in [0.1, 0.15) is 26.7 Å². The van der Waals surface area contributed by atoms with Gasteiger partial charge in [0.2, 0.25) is 0 Å². The van der Waals surface area contributed by atoms with E-state index in [-0.39, 0.29) is 5.92 Å². The Labute approximate surface area is 63.0 Å². The molecule has 0 aromatic carbocycles. The van der Waals surface area contributed by atoms with Crippen LogP contribution in [0.5, 0.6) is 0 Å².